The van der Waals surface area contributed by atoms with Gasteiger partial charge in [0.2, 0.25) is 5.95 Å². The number of halogens is 3. The lowest BCUT2D eigenvalue weighted by molar-refractivity contribution is -0.137. The van der Waals surface area contributed by atoms with E-state index in [0.717, 1.165) is 28.7 Å². The van der Waals surface area contributed by atoms with E-state index >= 15 is 0 Å². The molecule has 2 aliphatic heterocycles. The van der Waals surface area contributed by atoms with E-state index in [1.807, 2.05) is 32.9 Å². The zero-order valence-electron chi connectivity index (χ0n) is 23.5. The summed E-state index contributed by atoms with van der Waals surface area (Å²) in [6.07, 6.45) is -4.66. The molecule has 2 fully saturated rings. The lowest BCUT2D eigenvalue weighted by Crippen LogP contribution is -2.50. The Morgan fingerprint density at radius 1 is 0.878 bits per heavy atom. The van der Waals surface area contributed by atoms with Gasteiger partial charge in [-0.25, -0.2) is 9.78 Å². The van der Waals surface area contributed by atoms with Gasteiger partial charge in [-0.15, -0.1) is 0 Å². The second-order valence-electron chi connectivity index (χ2n) is 11.5. The molecule has 1 N–H and O–H groups in total. The minimum atomic E-state index is -4.34. The zero-order valence-corrected chi connectivity index (χ0v) is 23.5. The molecule has 2 aromatic carbocycles. The number of alkyl halides is 3. The summed E-state index contributed by atoms with van der Waals surface area (Å²) in [5, 5.41) is 0. The summed E-state index contributed by atoms with van der Waals surface area (Å²) in [5.74, 6) is 0.633. The summed E-state index contributed by atoms with van der Waals surface area (Å²) < 4.78 is 43.9. The van der Waals surface area contributed by atoms with Crippen LogP contribution in [0.25, 0.3) is 11.0 Å². The van der Waals surface area contributed by atoms with Crippen molar-refractivity contribution in [2.75, 3.05) is 57.3 Å². The van der Waals surface area contributed by atoms with Crippen molar-refractivity contribution in [3.63, 3.8) is 0 Å². The quantitative estimate of drug-likeness (QED) is 0.492. The molecule has 2 saturated heterocycles. The molecule has 220 valence electrons. The fraction of sp³-hybridized carbons (Fsp3) is 0.483. The Bertz CT molecular complexity index is 1380. The standard InChI is InChI=1S/C29H35F3N6O3/c1-28(2,3)41-27(40)38-16-14-37(15-17-38)26-33-23-9-6-21(18-24(23)34-26)25(39)36-12-10-35(11-13-36)19-20-4-7-22(8-5-20)29(30,31)32/h4-9,18H,10-17,19H2,1-3H3,(H,33,34). The third-order valence-electron chi connectivity index (χ3n) is 7.29. The van der Waals surface area contributed by atoms with Gasteiger partial charge < -0.3 is 24.4 Å². The number of ether oxygens (including phenoxy) is 1. The number of H-pyrrole nitrogens is 1. The number of carbonyl (C=O) groups is 2. The van der Waals surface area contributed by atoms with Crippen molar-refractivity contribution in [2.24, 2.45) is 0 Å². The van der Waals surface area contributed by atoms with E-state index in [1.165, 1.54) is 12.1 Å². The van der Waals surface area contributed by atoms with Gasteiger partial charge in [-0.2, -0.15) is 13.2 Å². The van der Waals surface area contributed by atoms with Crippen molar-refractivity contribution in [3.05, 3.63) is 59.2 Å². The van der Waals surface area contributed by atoms with Gasteiger partial charge in [-0.3, -0.25) is 9.69 Å². The number of rotatable bonds is 4. The molecule has 3 heterocycles. The first-order chi connectivity index (χ1) is 19.4. The summed E-state index contributed by atoms with van der Waals surface area (Å²) >= 11 is 0. The van der Waals surface area contributed by atoms with E-state index in [4.69, 9.17) is 4.74 Å². The molecule has 41 heavy (non-hydrogen) atoms. The molecular weight excluding hydrogens is 537 g/mol. The predicted octanol–water partition coefficient (Wildman–Crippen LogP) is 4.60. The molecule has 0 spiro atoms. The van der Waals surface area contributed by atoms with Gasteiger partial charge in [0.1, 0.15) is 5.60 Å². The molecular formula is C29H35F3N6O3. The van der Waals surface area contributed by atoms with Crippen LogP contribution in [0.2, 0.25) is 0 Å². The molecule has 0 saturated carbocycles. The number of anilines is 1. The number of piperazine rings is 2. The number of benzene rings is 2. The van der Waals surface area contributed by atoms with Crippen LogP contribution in [0.5, 0.6) is 0 Å². The van der Waals surface area contributed by atoms with Gasteiger partial charge in [0.05, 0.1) is 16.6 Å². The van der Waals surface area contributed by atoms with E-state index in [-0.39, 0.29) is 12.0 Å². The maximum atomic E-state index is 13.3. The van der Waals surface area contributed by atoms with Gasteiger partial charge in [-0.1, -0.05) is 12.1 Å². The van der Waals surface area contributed by atoms with Crippen molar-refractivity contribution < 1.29 is 27.5 Å². The number of imidazole rings is 1. The summed E-state index contributed by atoms with van der Waals surface area (Å²) in [6.45, 7) is 10.7. The topological polar surface area (TPSA) is 85.0 Å². The second kappa shape index (κ2) is 11.2. The molecule has 9 nitrogen and oxygen atoms in total. The lowest BCUT2D eigenvalue weighted by Gasteiger charge is -2.35. The Morgan fingerprint density at radius 3 is 2.12 bits per heavy atom. The molecule has 0 aliphatic carbocycles. The number of fused-ring (bicyclic) bond motifs is 1. The average Bonchev–Trinajstić information content (AvgIpc) is 3.36. The van der Waals surface area contributed by atoms with Crippen LogP contribution in [0.3, 0.4) is 0 Å². The summed E-state index contributed by atoms with van der Waals surface area (Å²) in [7, 11) is 0. The molecule has 5 rings (SSSR count). The molecule has 0 atom stereocenters. The lowest BCUT2D eigenvalue weighted by atomic mass is 10.1. The maximum absolute atomic E-state index is 13.3. The van der Waals surface area contributed by atoms with Gasteiger partial charge in [0, 0.05) is 64.5 Å². The normalized spacial score (nSPS) is 17.3. The number of aromatic amines is 1. The molecule has 0 bridgehead atoms. The molecule has 0 unspecified atom stereocenters. The largest absolute Gasteiger partial charge is 0.444 e. The van der Waals surface area contributed by atoms with Crippen molar-refractivity contribution in [1.29, 1.82) is 0 Å². The molecule has 3 aromatic rings. The van der Waals surface area contributed by atoms with Crippen LogP contribution in [-0.2, 0) is 17.5 Å². The number of nitrogens with zero attached hydrogens (tertiary/aromatic N) is 5. The number of nitrogens with one attached hydrogen (secondary N) is 1. The van der Waals surface area contributed by atoms with Crippen LogP contribution in [0.1, 0.15) is 42.3 Å². The van der Waals surface area contributed by atoms with Crippen molar-refractivity contribution >= 4 is 29.0 Å². The highest BCUT2D eigenvalue weighted by molar-refractivity contribution is 5.97. The van der Waals surface area contributed by atoms with Crippen LogP contribution >= 0.6 is 0 Å². The Morgan fingerprint density at radius 2 is 1.51 bits per heavy atom. The van der Waals surface area contributed by atoms with Crippen LogP contribution < -0.4 is 4.90 Å². The molecule has 1 aromatic heterocycles. The van der Waals surface area contributed by atoms with Crippen LogP contribution in [0.15, 0.2) is 42.5 Å². The fourth-order valence-corrected chi connectivity index (χ4v) is 5.06. The highest BCUT2D eigenvalue weighted by Gasteiger charge is 2.30. The van der Waals surface area contributed by atoms with Gasteiger partial charge >= 0.3 is 12.3 Å². The average molecular weight is 573 g/mol. The summed E-state index contributed by atoms with van der Waals surface area (Å²) in [6, 6.07) is 10.7. The predicted molar refractivity (Wildman–Crippen MR) is 149 cm³/mol. The Kier molecular flexibility index (Phi) is 7.87. The van der Waals surface area contributed by atoms with Gasteiger partial charge in [0.25, 0.3) is 5.91 Å². The first-order valence-corrected chi connectivity index (χ1v) is 13.8. The molecule has 2 aliphatic rings. The Hall–Kier alpha value is -3.80. The zero-order chi connectivity index (χ0) is 29.4. The first-order valence-electron chi connectivity index (χ1n) is 13.8. The van der Waals surface area contributed by atoms with Crippen LogP contribution in [0, 0.1) is 0 Å². The Labute approximate surface area is 236 Å². The van der Waals surface area contributed by atoms with E-state index < -0.39 is 17.3 Å². The Balaban J connectivity index is 1.15. The highest BCUT2D eigenvalue weighted by atomic mass is 19.4. The van der Waals surface area contributed by atoms with Crippen molar-refractivity contribution in [3.8, 4) is 0 Å². The van der Waals surface area contributed by atoms with Crippen LogP contribution in [0.4, 0.5) is 23.9 Å². The molecule has 2 amide bonds. The third-order valence-corrected chi connectivity index (χ3v) is 7.29. The smallest absolute Gasteiger partial charge is 0.416 e. The van der Waals surface area contributed by atoms with Crippen LogP contribution in [-0.4, -0.2) is 94.6 Å². The molecule has 12 heteroatoms. The number of hydrogen-bond acceptors (Lipinski definition) is 6. The van der Waals surface area contributed by atoms with Gasteiger partial charge in [-0.05, 0) is 56.7 Å². The third kappa shape index (κ3) is 6.92. The van der Waals surface area contributed by atoms with Crippen molar-refractivity contribution in [1.82, 2.24) is 24.7 Å². The fourth-order valence-electron chi connectivity index (χ4n) is 5.06. The second-order valence-corrected chi connectivity index (χ2v) is 11.5. The highest BCUT2D eigenvalue weighted by Crippen LogP contribution is 2.29. The number of aromatic nitrogens is 2. The minimum absolute atomic E-state index is 0.0665. The van der Waals surface area contributed by atoms with Gasteiger partial charge in [0.15, 0.2) is 0 Å². The number of amides is 2. The summed E-state index contributed by atoms with van der Waals surface area (Å²) in [5.41, 5.74) is 1.71. The first kappa shape index (κ1) is 28.7. The minimum Gasteiger partial charge on any atom is -0.444 e. The number of carbonyl (C=O) groups excluding carboxylic acids is 2. The molecule has 0 radical (unpaired) electrons. The van der Waals surface area contributed by atoms with Crippen molar-refractivity contribution in [2.45, 2.75) is 39.1 Å². The van der Waals surface area contributed by atoms with E-state index in [0.29, 0.717) is 70.4 Å². The number of hydrogen-bond donors (Lipinski definition) is 1. The van der Waals surface area contributed by atoms with E-state index in [2.05, 4.69) is 19.8 Å². The maximum Gasteiger partial charge on any atom is 0.416 e. The monoisotopic (exact) mass is 572 g/mol. The summed E-state index contributed by atoms with van der Waals surface area (Å²) in [4.78, 5) is 41.3. The SMILES string of the molecule is CC(C)(C)OC(=O)N1CCN(c2nc3ccc(C(=O)N4CCN(Cc5ccc(C(F)(F)F)cc5)CC4)cc3[nH]2)CC1. The van der Waals surface area contributed by atoms with E-state index in [9.17, 15) is 22.8 Å². The van der Waals surface area contributed by atoms with E-state index in [1.54, 1.807) is 15.9 Å².